The Morgan fingerprint density at radius 2 is 2.14 bits per heavy atom. The average Bonchev–Trinajstić information content (AvgIpc) is 3.07. The van der Waals surface area contributed by atoms with Gasteiger partial charge in [-0.3, -0.25) is 9.38 Å². The summed E-state index contributed by atoms with van der Waals surface area (Å²) in [7, 11) is 0. The zero-order valence-electron chi connectivity index (χ0n) is 12.2. The SMILES string of the molecule is CCCNC(Cc1ccncc1)Cc1cn2ccsc2n1. The highest BCUT2D eigenvalue weighted by atomic mass is 32.1. The second-order valence-corrected chi connectivity index (χ2v) is 6.11. The molecule has 0 spiro atoms. The third kappa shape index (κ3) is 3.68. The minimum absolute atomic E-state index is 0.414. The lowest BCUT2D eigenvalue weighted by Gasteiger charge is -2.17. The highest BCUT2D eigenvalue weighted by Gasteiger charge is 2.12. The second kappa shape index (κ2) is 6.83. The fourth-order valence-corrected chi connectivity index (χ4v) is 3.21. The van der Waals surface area contributed by atoms with Crippen molar-refractivity contribution in [3.05, 3.63) is 53.6 Å². The third-order valence-corrected chi connectivity index (χ3v) is 4.28. The Morgan fingerprint density at radius 1 is 1.29 bits per heavy atom. The van der Waals surface area contributed by atoms with E-state index in [4.69, 9.17) is 4.98 Å². The first-order valence-electron chi connectivity index (χ1n) is 7.38. The summed E-state index contributed by atoms with van der Waals surface area (Å²) in [4.78, 5) is 9.85. The lowest BCUT2D eigenvalue weighted by Crippen LogP contribution is -2.34. The monoisotopic (exact) mass is 300 g/mol. The van der Waals surface area contributed by atoms with Crippen molar-refractivity contribution in [2.24, 2.45) is 0 Å². The number of hydrogen-bond donors (Lipinski definition) is 1. The highest BCUT2D eigenvalue weighted by molar-refractivity contribution is 7.15. The van der Waals surface area contributed by atoms with Gasteiger partial charge < -0.3 is 5.32 Å². The number of pyridine rings is 1. The predicted molar refractivity (Wildman–Crippen MR) is 86.8 cm³/mol. The number of thiazole rings is 1. The summed E-state index contributed by atoms with van der Waals surface area (Å²) < 4.78 is 2.10. The molecule has 0 bridgehead atoms. The Morgan fingerprint density at radius 3 is 2.90 bits per heavy atom. The molecule has 3 aromatic rings. The molecule has 110 valence electrons. The molecule has 0 saturated carbocycles. The maximum atomic E-state index is 4.69. The number of rotatable bonds is 7. The molecule has 1 N–H and O–H groups in total. The topological polar surface area (TPSA) is 42.2 Å². The molecule has 0 aliphatic carbocycles. The Balaban J connectivity index is 1.70. The van der Waals surface area contributed by atoms with Crippen LogP contribution in [0.15, 0.2) is 42.3 Å². The molecule has 0 fully saturated rings. The molecule has 3 rings (SSSR count). The first-order chi connectivity index (χ1) is 10.3. The maximum Gasteiger partial charge on any atom is 0.193 e. The smallest absolute Gasteiger partial charge is 0.193 e. The van der Waals surface area contributed by atoms with Crippen molar-refractivity contribution < 1.29 is 0 Å². The van der Waals surface area contributed by atoms with Crippen LogP contribution in [0.4, 0.5) is 0 Å². The highest BCUT2D eigenvalue weighted by Crippen LogP contribution is 2.14. The minimum atomic E-state index is 0.414. The van der Waals surface area contributed by atoms with Crippen LogP contribution in [0.5, 0.6) is 0 Å². The first-order valence-corrected chi connectivity index (χ1v) is 8.26. The second-order valence-electron chi connectivity index (χ2n) is 5.24. The molecular weight excluding hydrogens is 280 g/mol. The van der Waals surface area contributed by atoms with Gasteiger partial charge in [0.15, 0.2) is 4.96 Å². The van der Waals surface area contributed by atoms with Gasteiger partial charge in [0.2, 0.25) is 0 Å². The van der Waals surface area contributed by atoms with E-state index < -0.39 is 0 Å². The van der Waals surface area contributed by atoms with Crippen LogP contribution in [0.3, 0.4) is 0 Å². The van der Waals surface area contributed by atoms with Crippen molar-refractivity contribution in [1.29, 1.82) is 0 Å². The maximum absolute atomic E-state index is 4.69. The number of nitrogens with one attached hydrogen (secondary N) is 1. The molecule has 21 heavy (non-hydrogen) atoms. The molecule has 0 amide bonds. The number of aromatic nitrogens is 3. The quantitative estimate of drug-likeness (QED) is 0.729. The lowest BCUT2D eigenvalue weighted by atomic mass is 10.0. The largest absolute Gasteiger partial charge is 0.313 e. The van der Waals surface area contributed by atoms with Crippen LogP contribution in [0, 0.1) is 0 Å². The summed E-state index contributed by atoms with van der Waals surface area (Å²) in [5, 5.41) is 5.70. The zero-order valence-corrected chi connectivity index (χ0v) is 13.0. The molecule has 0 aliphatic rings. The first kappa shape index (κ1) is 14.2. The molecule has 4 nitrogen and oxygen atoms in total. The molecule has 1 unspecified atom stereocenters. The Hall–Kier alpha value is -1.72. The van der Waals surface area contributed by atoms with Crippen molar-refractivity contribution in [2.75, 3.05) is 6.54 Å². The molecule has 1 atom stereocenters. The van der Waals surface area contributed by atoms with Crippen molar-refractivity contribution in [3.63, 3.8) is 0 Å². The summed E-state index contributed by atoms with van der Waals surface area (Å²) in [5.41, 5.74) is 2.48. The van der Waals surface area contributed by atoms with Gasteiger partial charge in [-0.1, -0.05) is 6.92 Å². The lowest BCUT2D eigenvalue weighted by molar-refractivity contribution is 0.501. The van der Waals surface area contributed by atoms with Crippen molar-refractivity contribution in [1.82, 2.24) is 19.7 Å². The standard InChI is InChI=1S/C16H20N4S/c1-2-5-18-14(10-13-3-6-17-7-4-13)11-15-12-20-8-9-21-16(20)19-15/h3-4,6-9,12,14,18H,2,5,10-11H2,1H3. The molecule has 0 aliphatic heterocycles. The number of hydrogen-bond acceptors (Lipinski definition) is 4. The van der Waals surface area contributed by atoms with Crippen molar-refractivity contribution in [3.8, 4) is 0 Å². The normalized spacial score (nSPS) is 12.8. The zero-order chi connectivity index (χ0) is 14.5. The summed E-state index contributed by atoms with van der Waals surface area (Å²) in [6.45, 7) is 3.24. The predicted octanol–water partition coefficient (Wildman–Crippen LogP) is 2.94. The van der Waals surface area contributed by atoms with Crippen LogP contribution in [0.25, 0.3) is 4.96 Å². The van der Waals surface area contributed by atoms with Crippen LogP contribution in [-0.4, -0.2) is 27.0 Å². The number of fused-ring (bicyclic) bond motifs is 1. The van der Waals surface area contributed by atoms with Gasteiger partial charge >= 0.3 is 0 Å². The van der Waals surface area contributed by atoms with E-state index in [1.165, 1.54) is 5.56 Å². The van der Waals surface area contributed by atoms with E-state index in [0.717, 1.165) is 36.5 Å². The molecule has 3 aromatic heterocycles. The molecular formula is C16H20N4S. The van der Waals surface area contributed by atoms with E-state index in [2.05, 4.69) is 51.5 Å². The molecule has 0 aromatic carbocycles. The Labute approximate surface area is 128 Å². The fourth-order valence-electron chi connectivity index (χ4n) is 2.50. The number of imidazole rings is 1. The van der Waals surface area contributed by atoms with Gasteiger partial charge in [0.25, 0.3) is 0 Å². The molecule has 0 saturated heterocycles. The van der Waals surface area contributed by atoms with E-state index in [1.807, 2.05) is 12.4 Å². The van der Waals surface area contributed by atoms with Gasteiger partial charge in [0, 0.05) is 42.6 Å². The van der Waals surface area contributed by atoms with Gasteiger partial charge in [0.05, 0.1) is 5.69 Å². The van der Waals surface area contributed by atoms with E-state index in [0.29, 0.717) is 6.04 Å². The van der Waals surface area contributed by atoms with Crippen LogP contribution in [0.2, 0.25) is 0 Å². The number of nitrogens with zero attached hydrogens (tertiary/aromatic N) is 3. The van der Waals surface area contributed by atoms with E-state index in [-0.39, 0.29) is 0 Å². The van der Waals surface area contributed by atoms with E-state index in [1.54, 1.807) is 11.3 Å². The van der Waals surface area contributed by atoms with Crippen LogP contribution >= 0.6 is 11.3 Å². The van der Waals surface area contributed by atoms with E-state index in [9.17, 15) is 0 Å². The average molecular weight is 300 g/mol. The molecule has 5 heteroatoms. The summed E-state index contributed by atoms with van der Waals surface area (Å²) >= 11 is 1.68. The molecule has 0 radical (unpaired) electrons. The molecule has 3 heterocycles. The minimum Gasteiger partial charge on any atom is -0.313 e. The van der Waals surface area contributed by atoms with Gasteiger partial charge in [0.1, 0.15) is 0 Å². The van der Waals surface area contributed by atoms with Crippen LogP contribution in [-0.2, 0) is 12.8 Å². The third-order valence-electron chi connectivity index (χ3n) is 3.51. The Bertz CT molecular complexity index is 645. The summed E-state index contributed by atoms with van der Waals surface area (Å²) in [6, 6.07) is 4.59. The van der Waals surface area contributed by atoms with Gasteiger partial charge in [-0.2, -0.15) is 0 Å². The Kier molecular flexibility index (Phi) is 4.62. The van der Waals surface area contributed by atoms with Crippen molar-refractivity contribution in [2.45, 2.75) is 32.2 Å². The van der Waals surface area contributed by atoms with Gasteiger partial charge in [-0.05, 0) is 37.1 Å². The van der Waals surface area contributed by atoms with Crippen LogP contribution in [0.1, 0.15) is 24.6 Å². The van der Waals surface area contributed by atoms with Gasteiger partial charge in [-0.25, -0.2) is 4.98 Å². The van der Waals surface area contributed by atoms with Crippen LogP contribution < -0.4 is 5.32 Å². The summed E-state index contributed by atoms with van der Waals surface area (Å²) in [5.74, 6) is 0. The van der Waals surface area contributed by atoms with Gasteiger partial charge in [-0.15, -0.1) is 11.3 Å². The summed E-state index contributed by atoms with van der Waals surface area (Å²) in [6.07, 6.45) is 11.0. The van der Waals surface area contributed by atoms with Crippen molar-refractivity contribution >= 4 is 16.3 Å². The fraction of sp³-hybridized carbons (Fsp3) is 0.375. The van der Waals surface area contributed by atoms with E-state index >= 15 is 0 Å².